The lowest BCUT2D eigenvalue weighted by Crippen LogP contribution is -2.09. The van der Waals surface area contributed by atoms with Gasteiger partial charge in [-0.25, -0.2) is 9.97 Å². The number of nitrogens with zero attached hydrogens (tertiary/aromatic N) is 3. The molecule has 21 heavy (non-hydrogen) atoms. The summed E-state index contributed by atoms with van der Waals surface area (Å²) in [5.74, 6) is 2.56. The van der Waals surface area contributed by atoms with E-state index < -0.39 is 0 Å². The number of hydrogen-bond donors (Lipinski definition) is 2. The van der Waals surface area contributed by atoms with Gasteiger partial charge in [-0.3, -0.25) is 4.98 Å². The summed E-state index contributed by atoms with van der Waals surface area (Å²) < 4.78 is 0. The van der Waals surface area contributed by atoms with Crippen molar-refractivity contribution >= 4 is 11.6 Å². The highest BCUT2D eigenvalue weighted by molar-refractivity contribution is 5.47. The maximum Gasteiger partial charge on any atom is 0.132 e. The van der Waals surface area contributed by atoms with Crippen LogP contribution < -0.4 is 10.6 Å². The van der Waals surface area contributed by atoms with Crippen molar-refractivity contribution in [3.63, 3.8) is 0 Å². The van der Waals surface area contributed by atoms with Crippen LogP contribution in [0.4, 0.5) is 11.6 Å². The van der Waals surface area contributed by atoms with Gasteiger partial charge in [0, 0.05) is 24.7 Å². The van der Waals surface area contributed by atoms with Crippen LogP contribution in [0.3, 0.4) is 0 Å². The first kappa shape index (κ1) is 15.2. The lowest BCUT2D eigenvalue weighted by atomic mass is 10.3. The Kier molecular flexibility index (Phi) is 5.49. The number of rotatable bonds is 7. The van der Waals surface area contributed by atoms with Crippen LogP contribution in [0.25, 0.3) is 0 Å². The maximum atomic E-state index is 4.51. The minimum absolute atomic E-state index is 0.662. The van der Waals surface area contributed by atoms with E-state index in [1.807, 2.05) is 31.2 Å². The molecule has 0 aliphatic heterocycles. The minimum Gasteiger partial charge on any atom is -0.370 e. The first-order chi connectivity index (χ1) is 10.2. The van der Waals surface area contributed by atoms with Crippen molar-refractivity contribution in [3.05, 3.63) is 41.5 Å². The Hall–Kier alpha value is -2.17. The second-order valence-corrected chi connectivity index (χ2v) is 4.96. The zero-order valence-corrected chi connectivity index (χ0v) is 13.0. The van der Waals surface area contributed by atoms with Gasteiger partial charge in [0.1, 0.15) is 17.5 Å². The summed E-state index contributed by atoms with van der Waals surface area (Å²) in [7, 11) is 0. The first-order valence-electron chi connectivity index (χ1n) is 7.49. The van der Waals surface area contributed by atoms with Crippen molar-refractivity contribution in [3.8, 4) is 0 Å². The van der Waals surface area contributed by atoms with E-state index in [9.17, 15) is 0 Å². The molecule has 5 heteroatoms. The highest BCUT2D eigenvalue weighted by Gasteiger charge is 2.04. The van der Waals surface area contributed by atoms with E-state index in [1.54, 1.807) is 0 Å². The smallest absolute Gasteiger partial charge is 0.132 e. The normalized spacial score (nSPS) is 10.4. The van der Waals surface area contributed by atoms with Crippen LogP contribution >= 0.6 is 0 Å². The topological polar surface area (TPSA) is 62.7 Å². The second-order valence-electron chi connectivity index (χ2n) is 4.96. The Bertz CT molecular complexity index is 583. The van der Waals surface area contributed by atoms with E-state index in [0.717, 1.165) is 48.2 Å². The zero-order chi connectivity index (χ0) is 15.1. The van der Waals surface area contributed by atoms with Crippen LogP contribution in [0, 0.1) is 6.92 Å². The molecule has 5 nitrogen and oxygen atoms in total. The van der Waals surface area contributed by atoms with Crippen LogP contribution in [0.2, 0.25) is 0 Å². The molecule has 0 atom stereocenters. The molecule has 112 valence electrons. The molecule has 2 aromatic rings. The summed E-state index contributed by atoms with van der Waals surface area (Å²) in [5, 5.41) is 6.64. The van der Waals surface area contributed by atoms with E-state index in [4.69, 9.17) is 0 Å². The molecule has 0 fully saturated rings. The van der Waals surface area contributed by atoms with Gasteiger partial charge in [-0.2, -0.15) is 0 Å². The van der Waals surface area contributed by atoms with Gasteiger partial charge < -0.3 is 10.6 Å². The third-order valence-corrected chi connectivity index (χ3v) is 3.04. The molecule has 0 spiro atoms. The van der Waals surface area contributed by atoms with Crippen LogP contribution in [-0.4, -0.2) is 21.5 Å². The summed E-state index contributed by atoms with van der Waals surface area (Å²) in [4.78, 5) is 13.5. The molecule has 2 aromatic heterocycles. The Balaban J connectivity index is 2.07. The number of aryl methyl sites for hydroxylation is 2. The molecular weight excluding hydrogens is 262 g/mol. The standard InChI is InChI=1S/C16H23N5/c1-4-9-17-15-10-16(21-14(5-2)20-15)18-11-13-8-6-7-12(3)19-13/h6-8,10H,4-5,9,11H2,1-3H3,(H2,17,18,20,21). The van der Waals surface area contributed by atoms with Crippen molar-refractivity contribution in [2.75, 3.05) is 17.2 Å². The first-order valence-corrected chi connectivity index (χ1v) is 7.49. The average molecular weight is 285 g/mol. The molecule has 0 amide bonds. The fourth-order valence-electron chi connectivity index (χ4n) is 1.97. The fraction of sp³-hybridized carbons (Fsp3) is 0.438. The number of anilines is 2. The number of pyridine rings is 1. The van der Waals surface area contributed by atoms with E-state index in [0.29, 0.717) is 6.54 Å². The largest absolute Gasteiger partial charge is 0.370 e. The van der Waals surface area contributed by atoms with Gasteiger partial charge in [-0.1, -0.05) is 19.9 Å². The van der Waals surface area contributed by atoms with Gasteiger partial charge in [-0.15, -0.1) is 0 Å². The molecule has 0 saturated carbocycles. The van der Waals surface area contributed by atoms with Crippen LogP contribution in [-0.2, 0) is 13.0 Å². The second kappa shape index (κ2) is 7.57. The molecule has 0 aromatic carbocycles. The van der Waals surface area contributed by atoms with E-state index in [-0.39, 0.29) is 0 Å². The molecule has 2 rings (SSSR count). The summed E-state index contributed by atoms with van der Waals surface area (Å²) in [6, 6.07) is 7.98. The van der Waals surface area contributed by atoms with Crippen molar-refractivity contribution in [1.29, 1.82) is 0 Å². The van der Waals surface area contributed by atoms with Gasteiger partial charge in [0.25, 0.3) is 0 Å². The summed E-state index contributed by atoms with van der Waals surface area (Å²) >= 11 is 0. The van der Waals surface area contributed by atoms with Crippen molar-refractivity contribution in [2.24, 2.45) is 0 Å². The number of aromatic nitrogens is 3. The third kappa shape index (κ3) is 4.70. The predicted octanol–water partition coefficient (Wildman–Crippen LogP) is 3.18. The summed E-state index contributed by atoms with van der Waals surface area (Å²) in [6.07, 6.45) is 1.89. The molecule has 2 N–H and O–H groups in total. The third-order valence-electron chi connectivity index (χ3n) is 3.04. The molecule has 0 unspecified atom stereocenters. The quantitative estimate of drug-likeness (QED) is 0.818. The molecule has 0 aliphatic carbocycles. The fourth-order valence-corrected chi connectivity index (χ4v) is 1.97. The molecule has 0 bridgehead atoms. The average Bonchev–Trinajstić information content (AvgIpc) is 2.51. The van der Waals surface area contributed by atoms with Crippen LogP contribution in [0.15, 0.2) is 24.3 Å². The molecule has 0 radical (unpaired) electrons. The Morgan fingerprint density at radius 2 is 1.76 bits per heavy atom. The van der Waals surface area contributed by atoms with Crippen LogP contribution in [0.1, 0.15) is 37.5 Å². The predicted molar refractivity (Wildman–Crippen MR) is 86.5 cm³/mol. The van der Waals surface area contributed by atoms with E-state index in [2.05, 4.69) is 39.4 Å². The van der Waals surface area contributed by atoms with E-state index in [1.165, 1.54) is 0 Å². The van der Waals surface area contributed by atoms with Gasteiger partial charge in [0.15, 0.2) is 0 Å². The van der Waals surface area contributed by atoms with Gasteiger partial charge in [0.05, 0.1) is 12.2 Å². The highest BCUT2D eigenvalue weighted by atomic mass is 15.1. The van der Waals surface area contributed by atoms with Gasteiger partial charge >= 0.3 is 0 Å². The number of nitrogens with one attached hydrogen (secondary N) is 2. The Morgan fingerprint density at radius 1 is 1.00 bits per heavy atom. The Labute approximate surface area is 126 Å². The maximum absolute atomic E-state index is 4.51. The summed E-state index contributed by atoms with van der Waals surface area (Å²) in [6.45, 7) is 7.77. The van der Waals surface area contributed by atoms with Crippen LogP contribution in [0.5, 0.6) is 0 Å². The SMILES string of the molecule is CCCNc1cc(NCc2cccc(C)n2)nc(CC)n1. The minimum atomic E-state index is 0.662. The van der Waals surface area contributed by atoms with Crippen molar-refractivity contribution in [1.82, 2.24) is 15.0 Å². The molecule has 2 heterocycles. The lowest BCUT2D eigenvalue weighted by Gasteiger charge is -2.10. The molecular formula is C16H23N5. The van der Waals surface area contributed by atoms with Gasteiger partial charge in [0.2, 0.25) is 0 Å². The summed E-state index contributed by atoms with van der Waals surface area (Å²) in [5.41, 5.74) is 2.03. The van der Waals surface area contributed by atoms with Gasteiger partial charge in [-0.05, 0) is 25.5 Å². The monoisotopic (exact) mass is 285 g/mol. The zero-order valence-electron chi connectivity index (χ0n) is 13.0. The Morgan fingerprint density at radius 3 is 2.43 bits per heavy atom. The molecule has 0 saturated heterocycles. The van der Waals surface area contributed by atoms with Crippen molar-refractivity contribution < 1.29 is 0 Å². The number of hydrogen-bond acceptors (Lipinski definition) is 5. The molecule has 0 aliphatic rings. The highest BCUT2D eigenvalue weighted by Crippen LogP contribution is 2.13. The lowest BCUT2D eigenvalue weighted by molar-refractivity contribution is 0.909. The van der Waals surface area contributed by atoms with Crippen molar-refractivity contribution in [2.45, 2.75) is 40.2 Å². The van der Waals surface area contributed by atoms with E-state index >= 15 is 0 Å².